The molecule has 1 aromatic carbocycles. The Labute approximate surface area is 122 Å². The minimum Gasteiger partial charge on any atom is -0.481 e. The minimum absolute atomic E-state index is 0.0112. The summed E-state index contributed by atoms with van der Waals surface area (Å²) in [4.78, 5) is 22.1. The van der Waals surface area contributed by atoms with Crippen LogP contribution in [0.5, 0.6) is 0 Å². The smallest absolute Gasteiger partial charge is 0.322 e. The summed E-state index contributed by atoms with van der Waals surface area (Å²) < 4.78 is 26.2. The third-order valence-corrected chi connectivity index (χ3v) is 4.50. The van der Waals surface area contributed by atoms with Gasteiger partial charge in [0, 0.05) is 0 Å². The van der Waals surface area contributed by atoms with Crippen molar-refractivity contribution in [3.05, 3.63) is 29.8 Å². The molecule has 0 amide bonds. The van der Waals surface area contributed by atoms with Gasteiger partial charge in [-0.2, -0.15) is 4.72 Å². The number of rotatable bonds is 7. The van der Waals surface area contributed by atoms with E-state index in [1.807, 2.05) is 4.72 Å². The zero-order valence-corrected chi connectivity index (χ0v) is 12.4. The molecule has 0 saturated carbocycles. The third-order valence-electron chi connectivity index (χ3n) is 3.04. The maximum atomic E-state index is 12.1. The monoisotopic (exact) mass is 315 g/mol. The first-order valence-electron chi connectivity index (χ1n) is 6.23. The van der Waals surface area contributed by atoms with E-state index < -0.39 is 33.9 Å². The van der Waals surface area contributed by atoms with E-state index in [-0.39, 0.29) is 11.3 Å². The van der Waals surface area contributed by atoms with Crippen molar-refractivity contribution < 1.29 is 28.2 Å². The van der Waals surface area contributed by atoms with Crippen LogP contribution in [0.25, 0.3) is 0 Å². The van der Waals surface area contributed by atoms with Crippen LogP contribution in [0.15, 0.2) is 29.2 Å². The number of benzene rings is 1. The van der Waals surface area contributed by atoms with Crippen molar-refractivity contribution in [2.75, 3.05) is 0 Å². The van der Waals surface area contributed by atoms with Crippen LogP contribution in [0.3, 0.4) is 0 Å². The number of sulfonamides is 1. The summed E-state index contributed by atoms with van der Waals surface area (Å²) in [5, 5.41) is 18.1. The lowest BCUT2D eigenvalue weighted by molar-refractivity contribution is -0.150. The highest BCUT2D eigenvalue weighted by Gasteiger charge is 2.36. The first-order chi connectivity index (χ1) is 9.69. The minimum atomic E-state index is -4.10. The lowest BCUT2D eigenvalue weighted by Gasteiger charge is -2.20. The van der Waals surface area contributed by atoms with Crippen LogP contribution in [0.4, 0.5) is 0 Å². The van der Waals surface area contributed by atoms with Crippen molar-refractivity contribution in [3.63, 3.8) is 0 Å². The summed E-state index contributed by atoms with van der Waals surface area (Å²) in [6.45, 7) is 3.26. The van der Waals surface area contributed by atoms with Gasteiger partial charge < -0.3 is 10.2 Å². The van der Waals surface area contributed by atoms with Gasteiger partial charge in [0.25, 0.3) is 0 Å². The zero-order chi connectivity index (χ0) is 16.2. The number of nitrogens with one attached hydrogen (secondary N) is 1. The Bertz CT molecular complexity index is 623. The molecule has 0 fully saturated rings. The van der Waals surface area contributed by atoms with Gasteiger partial charge in [-0.15, -0.1) is 0 Å². The van der Waals surface area contributed by atoms with Crippen molar-refractivity contribution in [3.8, 4) is 0 Å². The molecule has 0 spiro atoms. The molecule has 0 radical (unpaired) electrons. The summed E-state index contributed by atoms with van der Waals surface area (Å²) in [5.74, 6) is -4.24. The Morgan fingerprint density at radius 2 is 1.67 bits per heavy atom. The van der Waals surface area contributed by atoms with E-state index in [2.05, 4.69) is 0 Å². The highest BCUT2D eigenvalue weighted by atomic mass is 32.2. The number of carbonyl (C=O) groups is 2. The first-order valence-corrected chi connectivity index (χ1v) is 7.72. The molecule has 0 aliphatic rings. The van der Waals surface area contributed by atoms with Crippen molar-refractivity contribution in [1.29, 1.82) is 0 Å². The molecule has 3 N–H and O–H groups in total. The number of carboxylic acid groups (broad SMARTS) is 2. The molecule has 7 nitrogen and oxygen atoms in total. The number of carboxylic acids is 2. The molecule has 8 heteroatoms. The average molecular weight is 315 g/mol. The molecule has 0 aromatic heterocycles. The fourth-order valence-electron chi connectivity index (χ4n) is 1.81. The van der Waals surface area contributed by atoms with Crippen LogP contribution in [-0.2, 0) is 19.6 Å². The van der Waals surface area contributed by atoms with E-state index in [1.165, 1.54) is 19.1 Å². The summed E-state index contributed by atoms with van der Waals surface area (Å²) in [6, 6.07) is 4.08. The van der Waals surface area contributed by atoms with Gasteiger partial charge in [0.05, 0.1) is 10.8 Å². The van der Waals surface area contributed by atoms with Crippen LogP contribution < -0.4 is 4.72 Å². The molecule has 0 aliphatic heterocycles. The SMILES string of the molecule is CCC(C(=O)O)C(NS(=O)(=O)c1ccc(C)cc1)C(=O)O. The highest BCUT2D eigenvalue weighted by Crippen LogP contribution is 2.15. The molecule has 0 heterocycles. The molecule has 0 saturated heterocycles. The van der Waals surface area contributed by atoms with Gasteiger partial charge in [-0.3, -0.25) is 9.59 Å². The average Bonchev–Trinajstić information content (AvgIpc) is 2.38. The normalized spacial score (nSPS) is 14.4. The maximum Gasteiger partial charge on any atom is 0.322 e. The van der Waals surface area contributed by atoms with Crippen LogP contribution in [0.1, 0.15) is 18.9 Å². The lowest BCUT2D eigenvalue weighted by atomic mass is 9.98. The Balaban J connectivity index is 3.10. The lowest BCUT2D eigenvalue weighted by Crippen LogP contribution is -2.48. The van der Waals surface area contributed by atoms with Gasteiger partial charge >= 0.3 is 11.9 Å². The summed E-state index contributed by atoms with van der Waals surface area (Å²) >= 11 is 0. The highest BCUT2D eigenvalue weighted by molar-refractivity contribution is 7.89. The van der Waals surface area contributed by atoms with E-state index in [0.29, 0.717) is 0 Å². The Hall–Kier alpha value is -1.93. The van der Waals surface area contributed by atoms with Crippen LogP contribution in [0, 0.1) is 12.8 Å². The van der Waals surface area contributed by atoms with Gasteiger partial charge in [-0.05, 0) is 25.5 Å². The van der Waals surface area contributed by atoms with E-state index in [9.17, 15) is 18.0 Å². The topological polar surface area (TPSA) is 121 Å². The van der Waals surface area contributed by atoms with Crippen molar-refractivity contribution >= 4 is 22.0 Å². The first kappa shape index (κ1) is 17.1. The van der Waals surface area contributed by atoms with E-state index >= 15 is 0 Å². The quantitative estimate of drug-likeness (QED) is 0.685. The van der Waals surface area contributed by atoms with Crippen LogP contribution in [0.2, 0.25) is 0 Å². The van der Waals surface area contributed by atoms with Crippen molar-refractivity contribution in [1.82, 2.24) is 4.72 Å². The fourth-order valence-corrected chi connectivity index (χ4v) is 3.04. The molecule has 2 unspecified atom stereocenters. The largest absolute Gasteiger partial charge is 0.481 e. The summed E-state index contributed by atoms with van der Waals surface area (Å²) in [6.07, 6.45) is -0.0112. The summed E-state index contributed by atoms with van der Waals surface area (Å²) in [5.41, 5.74) is 0.848. The molecular formula is C13H17NO6S. The number of hydrogen-bond donors (Lipinski definition) is 3. The second-order valence-electron chi connectivity index (χ2n) is 4.60. The van der Waals surface area contributed by atoms with E-state index in [1.54, 1.807) is 19.1 Å². The van der Waals surface area contributed by atoms with Gasteiger partial charge in [0.2, 0.25) is 10.0 Å². The van der Waals surface area contributed by atoms with Crippen molar-refractivity contribution in [2.24, 2.45) is 5.92 Å². The fraction of sp³-hybridized carbons (Fsp3) is 0.385. The standard InChI is InChI=1S/C13H17NO6S/c1-3-10(12(15)16)11(13(17)18)14-21(19,20)9-6-4-8(2)5-7-9/h4-7,10-11,14H,3H2,1-2H3,(H,15,16)(H,17,18). The van der Waals surface area contributed by atoms with Crippen LogP contribution in [-0.4, -0.2) is 36.6 Å². The number of hydrogen-bond acceptors (Lipinski definition) is 4. The zero-order valence-electron chi connectivity index (χ0n) is 11.6. The predicted molar refractivity (Wildman–Crippen MR) is 74.3 cm³/mol. The molecule has 21 heavy (non-hydrogen) atoms. The Morgan fingerprint density at radius 3 is 2.05 bits per heavy atom. The van der Waals surface area contributed by atoms with Gasteiger partial charge in [0.1, 0.15) is 6.04 Å². The van der Waals surface area contributed by atoms with Gasteiger partial charge in [0.15, 0.2) is 0 Å². The van der Waals surface area contributed by atoms with E-state index in [4.69, 9.17) is 10.2 Å². The van der Waals surface area contributed by atoms with Gasteiger partial charge in [-0.25, -0.2) is 8.42 Å². The predicted octanol–water partition coefficient (Wildman–Crippen LogP) is 0.837. The van der Waals surface area contributed by atoms with Crippen LogP contribution >= 0.6 is 0 Å². The number of aryl methyl sites for hydroxylation is 1. The molecule has 1 aromatic rings. The second kappa shape index (κ2) is 6.68. The number of aliphatic carboxylic acids is 2. The molecule has 2 atom stereocenters. The maximum absolute atomic E-state index is 12.1. The molecule has 0 bridgehead atoms. The van der Waals surface area contributed by atoms with Crippen molar-refractivity contribution in [2.45, 2.75) is 31.2 Å². The molecule has 1 rings (SSSR count). The third kappa shape index (κ3) is 4.27. The second-order valence-corrected chi connectivity index (χ2v) is 6.32. The van der Waals surface area contributed by atoms with Gasteiger partial charge in [-0.1, -0.05) is 24.6 Å². The molecular weight excluding hydrogens is 298 g/mol. The summed E-state index contributed by atoms with van der Waals surface area (Å²) in [7, 11) is -4.10. The Morgan fingerprint density at radius 1 is 1.14 bits per heavy atom. The Kier molecular flexibility index (Phi) is 5.45. The molecule has 0 aliphatic carbocycles. The van der Waals surface area contributed by atoms with E-state index in [0.717, 1.165) is 5.56 Å². The molecule has 116 valence electrons.